The molecule has 0 amide bonds. The number of nitrogens with two attached hydrogens (primary N) is 1. The van der Waals surface area contributed by atoms with Crippen LogP contribution < -0.4 is 5.73 Å². The first-order valence-corrected chi connectivity index (χ1v) is 7.88. The van der Waals surface area contributed by atoms with Gasteiger partial charge in [-0.25, -0.2) is 0 Å². The van der Waals surface area contributed by atoms with Crippen LogP contribution in [0.1, 0.15) is 35.4 Å². The lowest BCUT2D eigenvalue weighted by atomic mass is 9.90. The van der Waals surface area contributed by atoms with E-state index >= 15 is 0 Å². The van der Waals surface area contributed by atoms with E-state index in [4.69, 9.17) is 12.2 Å². The summed E-state index contributed by atoms with van der Waals surface area (Å²) >= 11 is 0. The molecule has 1 unspecified atom stereocenters. The zero-order chi connectivity index (χ0) is 15.4. The Labute approximate surface area is 133 Å². The van der Waals surface area contributed by atoms with E-state index in [-0.39, 0.29) is 0 Å². The summed E-state index contributed by atoms with van der Waals surface area (Å²) in [7, 11) is 0. The van der Waals surface area contributed by atoms with Crippen LogP contribution in [0.3, 0.4) is 0 Å². The van der Waals surface area contributed by atoms with E-state index in [1.807, 2.05) is 24.3 Å². The normalized spacial score (nSPS) is 18.8. The molecule has 22 heavy (non-hydrogen) atoms. The average Bonchev–Trinajstić information content (AvgIpc) is 2.56. The van der Waals surface area contributed by atoms with Gasteiger partial charge in [-0.2, -0.15) is 0 Å². The lowest BCUT2D eigenvalue weighted by Crippen LogP contribution is -2.33. The van der Waals surface area contributed by atoms with Crippen molar-refractivity contribution in [2.45, 2.75) is 25.3 Å². The first kappa shape index (κ1) is 14.7. The summed E-state index contributed by atoms with van der Waals surface area (Å²) in [5.41, 5.74) is 10.3. The summed E-state index contributed by atoms with van der Waals surface area (Å²) in [4.78, 5) is 2.54. The van der Waals surface area contributed by atoms with Crippen molar-refractivity contribution in [2.75, 3.05) is 18.8 Å². The van der Waals surface area contributed by atoms with E-state index in [1.54, 1.807) is 0 Å². The summed E-state index contributed by atoms with van der Waals surface area (Å²) in [5, 5.41) is 0. The van der Waals surface area contributed by atoms with Gasteiger partial charge in [-0.3, -0.25) is 4.90 Å². The molecule has 0 spiro atoms. The molecule has 0 bridgehead atoms. The third-order valence-electron chi connectivity index (χ3n) is 4.44. The predicted octanol–water partition coefficient (Wildman–Crippen LogP) is 3.63. The van der Waals surface area contributed by atoms with Crippen LogP contribution in [0.2, 0.25) is 0 Å². The highest BCUT2D eigenvalue weighted by atomic mass is 15.1. The molecule has 0 saturated carbocycles. The maximum absolute atomic E-state index is 5.78. The highest BCUT2D eigenvalue weighted by Crippen LogP contribution is 2.28. The molecular weight excluding hydrogens is 268 g/mol. The smallest absolute Gasteiger partial charge is 0.0314 e. The second-order valence-corrected chi connectivity index (χ2v) is 6.08. The van der Waals surface area contributed by atoms with Gasteiger partial charge < -0.3 is 5.73 Å². The second kappa shape index (κ2) is 6.68. The second-order valence-electron chi connectivity index (χ2n) is 6.08. The molecule has 2 N–H and O–H groups in total. The quantitative estimate of drug-likeness (QED) is 0.691. The van der Waals surface area contributed by atoms with Crippen LogP contribution in [0.5, 0.6) is 0 Å². The third-order valence-corrected chi connectivity index (χ3v) is 4.44. The van der Waals surface area contributed by atoms with Crippen LogP contribution in [0.25, 0.3) is 0 Å². The van der Waals surface area contributed by atoms with Crippen molar-refractivity contribution in [2.24, 2.45) is 0 Å². The minimum Gasteiger partial charge on any atom is -0.399 e. The molecular formula is C20H22N2. The number of piperidine rings is 1. The number of hydrogen-bond donors (Lipinski definition) is 1. The lowest BCUT2D eigenvalue weighted by molar-refractivity contribution is 0.200. The van der Waals surface area contributed by atoms with Gasteiger partial charge in [-0.1, -0.05) is 30.2 Å². The summed E-state index contributed by atoms with van der Waals surface area (Å²) in [5.74, 6) is 3.28. The molecule has 2 aromatic rings. The number of benzene rings is 2. The van der Waals surface area contributed by atoms with Crippen LogP contribution in [0.4, 0.5) is 5.69 Å². The molecule has 3 rings (SSSR count). The number of nitrogens with zero attached hydrogens (tertiary/aromatic N) is 1. The Bertz CT molecular complexity index is 650. The summed E-state index contributed by atoms with van der Waals surface area (Å²) in [6.45, 7) is 3.28. The van der Waals surface area contributed by atoms with Crippen molar-refractivity contribution in [1.29, 1.82) is 0 Å². The van der Waals surface area contributed by atoms with Gasteiger partial charge in [0.15, 0.2) is 0 Å². The number of rotatable bonds is 3. The van der Waals surface area contributed by atoms with Gasteiger partial charge in [0, 0.05) is 24.3 Å². The fourth-order valence-corrected chi connectivity index (χ4v) is 3.20. The number of terminal acetylenes is 1. The molecule has 2 nitrogen and oxygen atoms in total. The fraction of sp³-hybridized carbons (Fsp3) is 0.300. The van der Waals surface area contributed by atoms with E-state index in [2.05, 4.69) is 35.1 Å². The predicted molar refractivity (Wildman–Crippen MR) is 92.5 cm³/mol. The van der Waals surface area contributed by atoms with Gasteiger partial charge in [-0.05, 0) is 60.7 Å². The SMILES string of the molecule is C#Cc1ccc(CN2CCCC(c3ccc(N)cc3)C2)cc1. The topological polar surface area (TPSA) is 29.3 Å². The van der Waals surface area contributed by atoms with Crippen molar-refractivity contribution in [3.05, 3.63) is 65.2 Å². The number of nitrogen functional groups attached to an aromatic ring is 1. The molecule has 1 aliphatic heterocycles. The zero-order valence-corrected chi connectivity index (χ0v) is 12.8. The Balaban J connectivity index is 1.65. The molecule has 1 fully saturated rings. The first-order chi connectivity index (χ1) is 10.7. The molecule has 1 atom stereocenters. The van der Waals surface area contributed by atoms with E-state index in [0.29, 0.717) is 5.92 Å². The monoisotopic (exact) mass is 290 g/mol. The maximum Gasteiger partial charge on any atom is 0.0314 e. The maximum atomic E-state index is 5.78. The lowest BCUT2D eigenvalue weighted by Gasteiger charge is -2.33. The van der Waals surface area contributed by atoms with Gasteiger partial charge in [0.25, 0.3) is 0 Å². The van der Waals surface area contributed by atoms with Crippen LogP contribution in [-0.2, 0) is 6.54 Å². The van der Waals surface area contributed by atoms with Crippen molar-refractivity contribution < 1.29 is 0 Å². The molecule has 0 aliphatic carbocycles. The molecule has 1 saturated heterocycles. The molecule has 1 heterocycles. The zero-order valence-electron chi connectivity index (χ0n) is 12.8. The molecule has 112 valence electrons. The standard InChI is InChI=1S/C20H22N2/c1-2-16-5-7-17(8-6-16)14-22-13-3-4-19(15-22)18-9-11-20(21)12-10-18/h1,5-12,19H,3-4,13-15,21H2. The fourth-order valence-electron chi connectivity index (χ4n) is 3.20. The molecule has 1 aliphatic rings. The van der Waals surface area contributed by atoms with Crippen molar-refractivity contribution in [1.82, 2.24) is 4.90 Å². The van der Waals surface area contributed by atoms with E-state index < -0.39 is 0 Å². The first-order valence-electron chi connectivity index (χ1n) is 7.88. The third kappa shape index (κ3) is 3.50. The Kier molecular flexibility index (Phi) is 4.46. The van der Waals surface area contributed by atoms with E-state index in [1.165, 1.54) is 30.5 Å². The van der Waals surface area contributed by atoms with Gasteiger partial charge in [0.1, 0.15) is 0 Å². The van der Waals surface area contributed by atoms with Crippen LogP contribution in [0, 0.1) is 12.3 Å². The summed E-state index contributed by atoms with van der Waals surface area (Å²) in [6, 6.07) is 16.7. The van der Waals surface area contributed by atoms with Crippen molar-refractivity contribution in [3.63, 3.8) is 0 Å². The molecule has 0 radical (unpaired) electrons. The minimum absolute atomic E-state index is 0.610. The highest BCUT2D eigenvalue weighted by molar-refractivity contribution is 5.40. The number of likely N-dealkylation sites (tertiary alicyclic amines) is 1. The summed E-state index contributed by atoms with van der Waals surface area (Å²) < 4.78 is 0. The Hall–Kier alpha value is -2.24. The Morgan fingerprint density at radius 3 is 2.50 bits per heavy atom. The van der Waals surface area contributed by atoms with Crippen LogP contribution in [0.15, 0.2) is 48.5 Å². The Morgan fingerprint density at radius 2 is 1.82 bits per heavy atom. The van der Waals surface area contributed by atoms with E-state index in [0.717, 1.165) is 24.3 Å². The van der Waals surface area contributed by atoms with Gasteiger partial charge >= 0.3 is 0 Å². The van der Waals surface area contributed by atoms with Crippen molar-refractivity contribution >= 4 is 5.69 Å². The summed E-state index contributed by atoms with van der Waals surface area (Å²) in [6.07, 6.45) is 7.92. The van der Waals surface area contributed by atoms with Crippen LogP contribution in [-0.4, -0.2) is 18.0 Å². The Morgan fingerprint density at radius 1 is 1.09 bits per heavy atom. The molecule has 0 aromatic heterocycles. The molecule has 2 aromatic carbocycles. The van der Waals surface area contributed by atoms with Gasteiger partial charge in [0.2, 0.25) is 0 Å². The van der Waals surface area contributed by atoms with Crippen molar-refractivity contribution in [3.8, 4) is 12.3 Å². The van der Waals surface area contributed by atoms with Gasteiger partial charge in [-0.15, -0.1) is 6.42 Å². The number of anilines is 1. The number of hydrogen-bond acceptors (Lipinski definition) is 2. The van der Waals surface area contributed by atoms with Gasteiger partial charge in [0.05, 0.1) is 0 Å². The minimum atomic E-state index is 0.610. The molecule has 2 heteroatoms. The van der Waals surface area contributed by atoms with E-state index in [9.17, 15) is 0 Å². The average molecular weight is 290 g/mol. The van der Waals surface area contributed by atoms with Crippen LogP contribution >= 0.6 is 0 Å². The largest absolute Gasteiger partial charge is 0.399 e. The highest BCUT2D eigenvalue weighted by Gasteiger charge is 2.21.